The molecule has 1 spiro atoms. The normalized spacial score (nSPS) is 46.5. The van der Waals surface area contributed by atoms with Crippen molar-refractivity contribution < 1.29 is 23.8 Å². The van der Waals surface area contributed by atoms with E-state index in [4.69, 9.17) is 14.2 Å². The van der Waals surface area contributed by atoms with E-state index in [1.807, 2.05) is 13.0 Å². The molecule has 3 aliphatic rings. The highest BCUT2D eigenvalue weighted by atomic mass is 16.6. The Labute approximate surface area is 98.7 Å². The zero-order valence-electron chi connectivity index (χ0n) is 9.93. The number of cyclic esters (lactones) is 1. The van der Waals surface area contributed by atoms with Crippen molar-refractivity contribution >= 4 is 11.9 Å². The molecule has 0 aromatic carbocycles. The van der Waals surface area contributed by atoms with Gasteiger partial charge in [-0.15, -0.1) is 0 Å². The van der Waals surface area contributed by atoms with Gasteiger partial charge in [-0.2, -0.15) is 0 Å². The monoisotopic (exact) mass is 238 g/mol. The van der Waals surface area contributed by atoms with Crippen LogP contribution in [0.5, 0.6) is 0 Å². The van der Waals surface area contributed by atoms with Crippen molar-refractivity contribution in [2.24, 2.45) is 11.8 Å². The highest BCUT2D eigenvalue weighted by Crippen LogP contribution is 2.57. The van der Waals surface area contributed by atoms with Crippen LogP contribution in [0, 0.1) is 11.8 Å². The van der Waals surface area contributed by atoms with Crippen molar-refractivity contribution in [1.82, 2.24) is 0 Å². The predicted octanol–water partition coefficient (Wildman–Crippen LogP) is 0.435. The van der Waals surface area contributed by atoms with Crippen molar-refractivity contribution in [2.75, 3.05) is 7.11 Å². The first-order chi connectivity index (χ1) is 8.02. The van der Waals surface area contributed by atoms with Crippen LogP contribution in [0.25, 0.3) is 0 Å². The van der Waals surface area contributed by atoms with E-state index in [2.05, 4.69) is 0 Å². The molecule has 0 aromatic heterocycles. The van der Waals surface area contributed by atoms with Gasteiger partial charge in [0.25, 0.3) is 0 Å². The topological polar surface area (TPSA) is 61.8 Å². The van der Waals surface area contributed by atoms with E-state index < -0.39 is 23.4 Å². The summed E-state index contributed by atoms with van der Waals surface area (Å²) in [6.45, 7) is 3.72. The summed E-state index contributed by atoms with van der Waals surface area (Å²) in [7, 11) is 1.32. The first-order valence-corrected chi connectivity index (χ1v) is 5.67. The lowest BCUT2D eigenvalue weighted by Crippen LogP contribution is -2.44. The minimum Gasteiger partial charge on any atom is -0.469 e. The number of ether oxygens (including phenoxy) is 3. The number of carbonyl (C=O) groups is 2. The fourth-order valence-corrected chi connectivity index (χ4v) is 3.41. The maximum absolute atomic E-state index is 11.9. The van der Waals surface area contributed by atoms with Gasteiger partial charge < -0.3 is 14.2 Å². The van der Waals surface area contributed by atoms with Crippen molar-refractivity contribution in [1.29, 1.82) is 0 Å². The van der Waals surface area contributed by atoms with E-state index >= 15 is 0 Å². The summed E-state index contributed by atoms with van der Waals surface area (Å²) in [4.78, 5) is 23.7. The molecule has 0 amide bonds. The van der Waals surface area contributed by atoms with Crippen LogP contribution in [0.4, 0.5) is 0 Å². The molecule has 92 valence electrons. The predicted molar refractivity (Wildman–Crippen MR) is 55.9 cm³/mol. The van der Waals surface area contributed by atoms with Crippen molar-refractivity contribution in [3.8, 4) is 0 Å². The lowest BCUT2D eigenvalue weighted by Gasteiger charge is -2.28. The summed E-state index contributed by atoms with van der Waals surface area (Å²) in [5.41, 5.74) is 0.228. The Bertz CT molecular complexity index is 440. The zero-order chi connectivity index (χ0) is 12.4. The smallest absolute Gasteiger partial charge is 0.313 e. The van der Waals surface area contributed by atoms with Gasteiger partial charge in [-0.05, 0) is 19.4 Å². The maximum Gasteiger partial charge on any atom is 0.313 e. The number of hydrogen-bond donors (Lipinski definition) is 0. The molecule has 5 heteroatoms. The Morgan fingerprint density at radius 2 is 2.24 bits per heavy atom. The molecule has 5 atom stereocenters. The number of hydrogen-bond acceptors (Lipinski definition) is 5. The minimum absolute atomic E-state index is 0.351. The molecule has 3 rings (SSSR count). The molecule has 0 saturated carbocycles. The Hall–Kier alpha value is -1.36. The van der Waals surface area contributed by atoms with Crippen molar-refractivity contribution in [3.05, 3.63) is 11.6 Å². The Morgan fingerprint density at radius 1 is 1.53 bits per heavy atom. The summed E-state index contributed by atoms with van der Waals surface area (Å²) in [5, 5.41) is 0. The van der Waals surface area contributed by atoms with Gasteiger partial charge in [0.1, 0.15) is 23.5 Å². The van der Waals surface area contributed by atoms with Crippen LogP contribution in [0.15, 0.2) is 11.6 Å². The number of rotatable bonds is 1. The fraction of sp³-hybridized carbons (Fsp3) is 0.667. The molecular formula is C12H14O5. The number of fused-ring (bicyclic) bond motifs is 1. The van der Waals surface area contributed by atoms with E-state index in [1.54, 1.807) is 6.92 Å². The van der Waals surface area contributed by atoms with E-state index in [9.17, 15) is 9.59 Å². The third kappa shape index (κ3) is 1.03. The third-order valence-electron chi connectivity index (χ3n) is 4.16. The summed E-state index contributed by atoms with van der Waals surface area (Å²) >= 11 is 0. The van der Waals surface area contributed by atoms with Crippen molar-refractivity contribution in [2.45, 2.75) is 31.7 Å². The molecule has 3 heterocycles. The van der Waals surface area contributed by atoms with E-state index in [0.29, 0.717) is 0 Å². The number of esters is 2. The highest BCUT2D eigenvalue weighted by Gasteiger charge is 2.71. The Balaban J connectivity index is 2.10. The molecule has 3 aliphatic heterocycles. The van der Waals surface area contributed by atoms with Gasteiger partial charge in [0.2, 0.25) is 0 Å². The number of methoxy groups -OCH3 is 1. The van der Waals surface area contributed by atoms with Gasteiger partial charge in [0, 0.05) is 0 Å². The average Bonchev–Trinajstić information content (AvgIpc) is 2.86. The molecule has 2 saturated heterocycles. The van der Waals surface area contributed by atoms with Crippen LogP contribution in [0.3, 0.4) is 0 Å². The van der Waals surface area contributed by atoms with Crippen LogP contribution >= 0.6 is 0 Å². The van der Waals surface area contributed by atoms with Crippen LogP contribution in [-0.2, 0) is 23.8 Å². The van der Waals surface area contributed by atoms with Crippen molar-refractivity contribution in [3.63, 3.8) is 0 Å². The third-order valence-corrected chi connectivity index (χ3v) is 4.16. The second-order valence-electron chi connectivity index (χ2n) is 4.83. The summed E-state index contributed by atoms with van der Waals surface area (Å²) in [5.74, 6) is -1.89. The van der Waals surface area contributed by atoms with Crippen LogP contribution in [0.2, 0.25) is 0 Å². The van der Waals surface area contributed by atoms with Gasteiger partial charge in [0.15, 0.2) is 0 Å². The van der Waals surface area contributed by atoms with E-state index in [-0.39, 0.29) is 18.2 Å². The van der Waals surface area contributed by atoms with Crippen LogP contribution < -0.4 is 0 Å². The average molecular weight is 238 g/mol. The number of carbonyl (C=O) groups excluding carboxylic acids is 2. The van der Waals surface area contributed by atoms with E-state index in [0.717, 1.165) is 5.57 Å². The van der Waals surface area contributed by atoms with Gasteiger partial charge in [-0.25, -0.2) is 0 Å². The fourth-order valence-electron chi connectivity index (χ4n) is 3.41. The largest absolute Gasteiger partial charge is 0.469 e. The van der Waals surface area contributed by atoms with Gasteiger partial charge in [-0.1, -0.05) is 6.08 Å². The zero-order valence-corrected chi connectivity index (χ0v) is 9.93. The lowest BCUT2D eigenvalue weighted by atomic mass is 9.71. The summed E-state index contributed by atoms with van der Waals surface area (Å²) in [6, 6.07) is 0. The maximum atomic E-state index is 11.9. The first-order valence-electron chi connectivity index (χ1n) is 5.67. The molecule has 0 aromatic rings. The molecule has 0 N–H and O–H groups in total. The Kier molecular flexibility index (Phi) is 1.96. The molecule has 17 heavy (non-hydrogen) atoms. The molecule has 5 nitrogen and oxygen atoms in total. The second-order valence-corrected chi connectivity index (χ2v) is 4.83. The van der Waals surface area contributed by atoms with E-state index in [1.165, 1.54) is 7.11 Å². The SMILES string of the molecule is COC(=O)[C@@H]1[C@@H]2C=C(C)[C@]3(O2)[C@@H](C)OC(=O)[C@@H]13. The van der Waals surface area contributed by atoms with Crippen LogP contribution in [0.1, 0.15) is 13.8 Å². The summed E-state index contributed by atoms with van der Waals surface area (Å²) < 4.78 is 15.9. The Morgan fingerprint density at radius 3 is 2.88 bits per heavy atom. The highest BCUT2D eigenvalue weighted by molar-refractivity contribution is 5.88. The molecule has 2 bridgehead atoms. The molecule has 0 unspecified atom stereocenters. The first kappa shape index (κ1) is 10.8. The summed E-state index contributed by atoms with van der Waals surface area (Å²) in [6.07, 6.45) is 1.19. The second kappa shape index (κ2) is 3.10. The quantitative estimate of drug-likeness (QED) is 0.490. The van der Waals surface area contributed by atoms with Crippen LogP contribution in [-0.4, -0.2) is 36.9 Å². The molecule has 2 fully saturated rings. The lowest BCUT2D eigenvalue weighted by molar-refractivity contribution is -0.156. The molecule has 0 radical (unpaired) electrons. The van der Waals surface area contributed by atoms with Gasteiger partial charge in [0.05, 0.1) is 13.2 Å². The van der Waals surface area contributed by atoms with Gasteiger partial charge in [-0.3, -0.25) is 9.59 Å². The molecule has 0 aliphatic carbocycles. The molecular weight excluding hydrogens is 224 g/mol. The standard InChI is InChI=1S/C12H14O5/c1-5-4-7-8(10(13)15-3)9-11(14)16-6(2)12(5,9)17-7/h4,6-9H,1-3H3/t6-,7+,8-,9-,12+/m1/s1. The van der Waals surface area contributed by atoms with Gasteiger partial charge >= 0.3 is 11.9 Å². The minimum atomic E-state index is -0.749.